The predicted molar refractivity (Wildman–Crippen MR) is 90.6 cm³/mol. The van der Waals surface area contributed by atoms with Crippen molar-refractivity contribution in [2.75, 3.05) is 6.54 Å². The van der Waals surface area contributed by atoms with E-state index in [-0.39, 0.29) is 5.41 Å². The zero-order chi connectivity index (χ0) is 15.5. The Hall–Kier alpha value is -0.820. The van der Waals surface area contributed by atoms with Crippen LogP contribution in [0.1, 0.15) is 63.8 Å². The Morgan fingerprint density at radius 2 is 1.55 bits per heavy atom. The molecule has 1 aromatic rings. The van der Waals surface area contributed by atoms with Crippen LogP contribution in [0.25, 0.3) is 0 Å². The maximum absolute atomic E-state index is 3.63. The zero-order valence-corrected chi connectivity index (χ0v) is 14.7. The fourth-order valence-corrected chi connectivity index (χ4v) is 2.77. The summed E-state index contributed by atoms with van der Waals surface area (Å²) in [6.45, 7) is 19.2. The van der Waals surface area contributed by atoms with E-state index in [9.17, 15) is 0 Å². The summed E-state index contributed by atoms with van der Waals surface area (Å²) in [5, 5.41) is 3.63. The molecule has 1 heteroatoms. The summed E-state index contributed by atoms with van der Waals surface area (Å²) < 4.78 is 0. The van der Waals surface area contributed by atoms with E-state index in [1.165, 1.54) is 22.3 Å². The van der Waals surface area contributed by atoms with Crippen LogP contribution in [0.5, 0.6) is 0 Å². The molecule has 0 bridgehead atoms. The van der Waals surface area contributed by atoms with Crippen molar-refractivity contribution >= 4 is 0 Å². The highest BCUT2D eigenvalue weighted by Crippen LogP contribution is 2.28. The van der Waals surface area contributed by atoms with E-state index < -0.39 is 0 Å². The molecule has 0 fully saturated rings. The lowest BCUT2D eigenvalue weighted by molar-refractivity contribution is 0.404. The minimum atomic E-state index is 0.229. The molecular formula is C19H33N. The van der Waals surface area contributed by atoms with Crippen LogP contribution < -0.4 is 5.32 Å². The van der Waals surface area contributed by atoms with Crippen molar-refractivity contribution in [1.29, 1.82) is 0 Å². The number of hydrogen-bond acceptors (Lipinski definition) is 1. The van der Waals surface area contributed by atoms with Crippen LogP contribution in [0.3, 0.4) is 0 Å². The minimum Gasteiger partial charge on any atom is -0.314 e. The van der Waals surface area contributed by atoms with Crippen LogP contribution >= 0.6 is 0 Å². The molecule has 114 valence electrons. The Morgan fingerprint density at radius 3 is 1.90 bits per heavy atom. The van der Waals surface area contributed by atoms with Gasteiger partial charge < -0.3 is 5.32 Å². The highest BCUT2D eigenvalue weighted by molar-refractivity contribution is 5.41. The van der Waals surface area contributed by atoms with E-state index >= 15 is 0 Å². The average molecular weight is 275 g/mol. The fourth-order valence-electron chi connectivity index (χ4n) is 2.77. The highest BCUT2D eigenvalue weighted by Gasteiger charge is 2.19. The molecular weight excluding hydrogens is 242 g/mol. The van der Waals surface area contributed by atoms with Gasteiger partial charge in [-0.15, -0.1) is 0 Å². The Bertz CT molecular complexity index is 415. The third-order valence-electron chi connectivity index (χ3n) is 4.26. The molecule has 1 rings (SSSR count). The van der Waals surface area contributed by atoms with Crippen molar-refractivity contribution in [2.45, 2.75) is 73.3 Å². The predicted octanol–water partition coefficient (Wildman–Crippen LogP) is 4.78. The second-order valence-corrected chi connectivity index (χ2v) is 7.45. The van der Waals surface area contributed by atoms with Gasteiger partial charge in [-0.1, -0.05) is 53.7 Å². The van der Waals surface area contributed by atoms with Gasteiger partial charge in [0.2, 0.25) is 0 Å². The first-order valence-electron chi connectivity index (χ1n) is 8.00. The first-order chi connectivity index (χ1) is 9.16. The molecule has 0 aromatic heterocycles. The Balaban J connectivity index is 3.08. The van der Waals surface area contributed by atoms with Crippen LogP contribution in [0.15, 0.2) is 12.1 Å². The first kappa shape index (κ1) is 17.2. The van der Waals surface area contributed by atoms with Crippen LogP contribution in [-0.2, 0) is 11.8 Å². The van der Waals surface area contributed by atoms with Crippen molar-refractivity contribution in [3.8, 4) is 0 Å². The third kappa shape index (κ3) is 4.34. The summed E-state index contributed by atoms with van der Waals surface area (Å²) in [5.41, 5.74) is 6.09. The molecule has 0 radical (unpaired) electrons. The number of hydrogen-bond donors (Lipinski definition) is 1. The number of likely N-dealkylation sites (N-methyl/N-ethyl adjacent to an activating group) is 1. The SMILES string of the molecule is CCNC(Cc1c(C)cc(C(C)(C)C)cc1C)C(C)C. The summed E-state index contributed by atoms with van der Waals surface area (Å²) in [4.78, 5) is 0. The van der Waals surface area contributed by atoms with Crippen LogP contribution in [0.4, 0.5) is 0 Å². The van der Waals surface area contributed by atoms with E-state index in [1.54, 1.807) is 0 Å². The van der Waals surface area contributed by atoms with Crippen molar-refractivity contribution < 1.29 is 0 Å². The van der Waals surface area contributed by atoms with E-state index in [2.05, 4.69) is 72.8 Å². The van der Waals surface area contributed by atoms with Crippen molar-refractivity contribution in [3.05, 3.63) is 34.4 Å². The molecule has 1 nitrogen and oxygen atoms in total. The highest BCUT2D eigenvalue weighted by atomic mass is 14.9. The van der Waals surface area contributed by atoms with Crippen molar-refractivity contribution in [1.82, 2.24) is 5.32 Å². The van der Waals surface area contributed by atoms with Gasteiger partial charge in [0.25, 0.3) is 0 Å². The summed E-state index contributed by atoms with van der Waals surface area (Å²) in [6, 6.07) is 5.33. The van der Waals surface area contributed by atoms with Gasteiger partial charge in [0.05, 0.1) is 0 Å². The second kappa shape index (κ2) is 6.76. The Kier molecular flexibility index (Phi) is 5.82. The molecule has 0 spiro atoms. The van der Waals surface area contributed by atoms with E-state index in [0.29, 0.717) is 12.0 Å². The van der Waals surface area contributed by atoms with E-state index in [1.807, 2.05) is 0 Å². The maximum Gasteiger partial charge on any atom is 0.0130 e. The van der Waals surface area contributed by atoms with Gasteiger partial charge in [-0.2, -0.15) is 0 Å². The summed E-state index contributed by atoms with van der Waals surface area (Å²) in [6.07, 6.45) is 1.13. The Morgan fingerprint density at radius 1 is 1.05 bits per heavy atom. The van der Waals surface area contributed by atoms with Crippen LogP contribution in [-0.4, -0.2) is 12.6 Å². The molecule has 0 amide bonds. The lowest BCUT2D eigenvalue weighted by Gasteiger charge is -2.26. The standard InChI is InChI=1S/C19H33N/c1-9-20-18(13(2)3)12-17-14(4)10-16(11-15(17)5)19(6,7)8/h10-11,13,18,20H,9,12H2,1-8H3. The summed E-state index contributed by atoms with van der Waals surface area (Å²) >= 11 is 0. The van der Waals surface area contributed by atoms with E-state index in [0.717, 1.165) is 13.0 Å². The molecule has 1 atom stereocenters. The first-order valence-corrected chi connectivity index (χ1v) is 8.00. The fraction of sp³-hybridized carbons (Fsp3) is 0.684. The van der Waals surface area contributed by atoms with Gasteiger partial charge in [0, 0.05) is 6.04 Å². The number of rotatable bonds is 5. The molecule has 1 aromatic carbocycles. The quantitative estimate of drug-likeness (QED) is 0.815. The van der Waals surface area contributed by atoms with Gasteiger partial charge in [-0.3, -0.25) is 0 Å². The molecule has 0 aliphatic rings. The molecule has 0 heterocycles. The summed E-state index contributed by atoms with van der Waals surface area (Å²) in [7, 11) is 0. The van der Waals surface area contributed by atoms with Crippen LogP contribution in [0, 0.1) is 19.8 Å². The van der Waals surface area contributed by atoms with E-state index in [4.69, 9.17) is 0 Å². The maximum atomic E-state index is 3.63. The normalized spacial score (nSPS) is 13.8. The third-order valence-corrected chi connectivity index (χ3v) is 4.26. The molecule has 20 heavy (non-hydrogen) atoms. The molecule has 1 N–H and O–H groups in total. The van der Waals surface area contributed by atoms with Gasteiger partial charge in [-0.25, -0.2) is 0 Å². The summed E-state index contributed by atoms with van der Waals surface area (Å²) in [5.74, 6) is 0.663. The van der Waals surface area contributed by atoms with Gasteiger partial charge in [0.1, 0.15) is 0 Å². The Labute approximate surface area is 126 Å². The topological polar surface area (TPSA) is 12.0 Å². The number of benzene rings is 1. The largest absolute Gasteiger partial charge is 0.314 e. The monoisotopic (exact) mass is 275 g/mol. The van der Waals surface area contributed by atoms with Crippen molar-refractivity contribution in [3.63, 3.8) is 0 Å². The average Bonchev–Trinajstić information content (AvgIpc) is 2.30. The lowest BCUT2D eigenvalue weighted by Crippen LogP contribution is -2.36. The van der Waals surface area contributed by atoms with Gasteiger partial charge in [0.15, 0.2) is 0 Å². The molecule has 0 aliphatic carbocycles. The molecule has 0 saturated carbocycles. The zero-order valence-electron chi connectivity index (χ0n) is 14.7. The molecule has 0 aliphatic heterocycles. The molecule has 1 unspecified atom stereocenters. The second-order valence-electron chi connectivity index (χ2n) is 7.45. The smallest absolute Gasteiger partial charge is 0.0130 e. The lowest BCUT2D eigenvalue weighted by atomic mass is 9.82. The number of nitrogens with one attached hydrogen (secondary N) is 1. The van der Waals surface area contributed by atoms with Gasteiger partial charge >= 0.3 is 0 Å². The van der Waals surface area contributed by atoms with Crippen LogP contribution in [0.2, 0.25) is 0 Å². The van der Waals surface area contributed by atoms with Crippen molar-refractivity contribution in [2.24, 2.45) is 5.92 Å². The molecule has 0 saturated heterocycles. The minimum absolute atomic E-state index is 0.229. The van der Waals surface area contributed by atoms with Gasteiger partial charge in [-0.05, 0) is 60.4 Å². The number of aryl methyl sites for hydroxylation is 2.